The van der Waals surface area contributed by atoms with E-state index in [0.717, 1.165) is 5.69 Å². The Hall–Kier alpha value is -1.54. The maximum atomic E-state index is 12.9. The zero-order valence-electron chi connectivity index (χ0n) is 11.1. The van der Waals surface area contributed by atoms with Crippen molar-refractivity contribution in [3.05, 3.63) is 64.4 Å². The first-order valence-electron chi connectivity index (χ1n) is 6.34. The summed E-state index contributed by atoms with van der Waals surface area (Å²) >= 11 is 5.96. The maximum Gasteiger partial charge on any atom is 0.124 e. The monoisotopic (exact) mass is 277 g/mol. The van der Waals surface area contributed by atoms with E-state index >= 15 is 0 Å². The van der Waals surface area contributed by atoms with Crippen LogP contribution in [0.1, 0.15) is 30.9 Å². The third-order valence-electron chi connectivity index (χ3n) is 3.06. The van der Waals surface area contributed by atoms with Crippen LogP contribution in [-0.4, -0.2) is 0 Å². The Bertz CT molecular complexity index is 549. The van der Waals surface area contributed by atoms with E-state index in [0.29, 0.717) is 17.5 Å². The topological polar surface area (TPSA) is 12.0 Å². The average molecular weight is 278 g/mol. The molecule has 0 radical (unpaired) electrons. The molecule has 2 aromatic carbocycles. The zero-order valence-corrected chi connectivity index (χ0v) is 11.8. The van der Waals surface area contributed by atoms with Gasteiger partial charge in [0.15, 0.2) is 0 Å². The second-order valence-corrected chi connectivity index (χ2v) is 5.28. The van der Waals surface area contributed by atoms with Gasteiger partial charge in [0, 0.05) is 6.54 Å². The number of hydrogen-bond acceptors (Lipinski definition) is 1. The van der Waals surface area contributed by atoms with Crippen LogP contribution in [0.4, 0.5) is 10.1 Å². The van der Waals surface area contributed by atoms with Crippen molar-refractivity contribution < 1.29 is 4.39 Å². The molecule has 0 aliphatic carbocycles. The van der Waals surface area contributed by atoms with E-state index in [2.05, 4.69) is 43.4 Å². The number of anilines is 1. The largest absolute Gasteiger partial charge is 0.380 e. The highest BCUT2D eigenvalue weighted by Gasteiger charge is 2.02. The van der Waals surface area contributed by atoms with E-state index in [-0.39, 0.29) is 5.82 Å². The first-order valence-corrected chi connectivity index (χ1v) is 6.72. The summed E-state index contributed by atoms with van der Waals surface area (Å²) in [7, 11) is 0. The summed E-state index contributed by atoms with van der Waals surface area (Å²) in [5.74, 6) is 0.213. The highest BCUT2D eigenvalue weighted by molar-refractivity contribution is 6.33. The minimum atomic E-state index is -0.322. The quantitative estimate of drug-likeness (QED) is 0.808. The van der Waals surface area contributed by atoms with Crippen molar-refractivity contribution in [1.82, 2.24) is 0 Å². The molecule has 0 aromatic heterocycles. The van der Waals surface area contributed by atoms with E-state index < -0.39 is 0 Å². The molecule has 1 nitrogen and oxygen atoms in total. The molecule has 0 atom stereocenters. The molecule has 0 spiro atoms. The summed E-state index contributed by atoms with van der Waals surface area (Å²) < 4.78 is 12.9. The Balaban J connectivity index is 2.02. The number of benzene rings is 2. The molecule has 3 heteroatoms. The fraction of sp³-hybridized carbons (Fsp3) is 0.250. The van der Waals surface area contributed by atoms with E-state index in [4.69, 9.17) is 11.6 Å². The van der Waals surface area contributed by atoms with Crippen LogP contribution in [0.3, 0.4) is 0 Å². The molecule has 0 unspecified atom stereocenters. The van der Waals surface area contributed by atoms with Gasteiger partial charge in [0.1, 0.15) is 5.82 Å². The van der Waals surface area contributed by atoms with Crippen LogP contribution in [0.25, 0.3) is 0 Å². The summed E-state index contributed by atoms with van der Waals surface area (Å²) in [6.07, 6.45) is 0. The second kappa shape index (κ2) is 6.07. The highest BCUT2D eigenvalue weighted by atomic mass is 35.5. The predicted molar refractivity (Wildman–Crippen MR) is 79.3 cm³/mol. The van der Waals surface area contributed by atoms with E-state index in [1.54, 1.807) is 6.07 Å². The van der Waals surface area contributed by atoms with Crippen molar-refractivity contribution in [2.45, 2.75) is 26.3 Å². The average Bonchev–Trinajstić information content (AvgIpc) is 2.38. The van der Waals surface area contributed by atoms with Crippen LogP contribution in [0.5, 0.6) is 0 Å². The van der Waals surface area contributed by atoms with Crippen LogP contribution >= 0.6 is 11.6 Å². The minimum absolute atomic E-state index is 0.322. The SMILES string of the molecule is CC(C)c1ccc(CNc2ccc(F)cc2Cl)cc1. The van der Waals surface area contributed by atoms with E-state index in [1.165, 1.54) is 23.3 Å². The molecule has 0 fully saturated rings. The number of nitrogens with one attached hydrogen (secondary N) is 1. The lowest BCUT2D eigenvalue weighted by molar-refractivity contribution is 0.628. The van der Waals surface area contributed by atoms with Crippen LogP contribution in [0.2, 0.25) is 5.02 Å². The summed E-state index contributed by atoms with van der Waals surface area (Å²) in [4.78, 5) is 0. The number of rotatable bonds is 4. The van der Waals surface area contributed by atoms with Crippen molar-refractivity contribution in [2.24, 2.45) is 0 Å². The summed E-state index contributed by atoms with van der Waals surface area (Å²) in [5, 5.41) is 3.61. The number of hydrogen-bond donors (Lipinski definition) is 1. The standard InChI is InChI=1S/C16H17ClFN/c1-11(2)13-5-3-12(4-6-13)10-19-16-8-7-14(18)9-15(16)17/h3-9,11,19H,10H2,1-2H3. The van der Waals surface area contributed by atoms with Gasteiger partial charge in [0.05, 0.1) is 10.7 Å². The fourth-order valence-electron chi connectivity index (χ4n) is 1.85. The third-order valence-corrected chi connectivity index (χ3v) is 3.37. The van der Waals surface area contributed by atoms with Gasteiger partial charge in [-0.25, -0.2) is 4.39 Å². The first kappa shape index (κ1) is 13.9. The summed E-state index contributed by atoms with van der Waals surface area (Å²) in [6, 6.07) is 12.8. The molecule has 2 aromatic rings. The summed E-state index contributed by atoms with van der Waals surface area (Å²) in [6.45, 7) is 5.01. The van der Waals surface area contributed by atoms with Gasteiger partial charge >= 0.3 is 0 Å². The second-order valence-electron chi connectivity index (χ2n) is 4.87. The maximum absolute atomic E-state index is 12.9. The Morgan fingerprint density at radius 2 is 1.79 bits per heavy atom. The van der Waals surface area contributed by atoms with Crippen LogP contribution in [0, 0.1) is 5.82 Å². The smallest absolute Gasteiger partial charge is 0.124 e. The lowest BCUT2D eigenvalue weighted by Crippen LogP contribution is -2.00. The van der Waals surface area contributed by atoms with Crippen LogP contribution in [0.15, 0.2) is 42.5 Å². The third kappa shape index (κ3) is 3.71. The normalized spacial score (nSPS) is 10.8. The van der Waals surface area contributed by atoms with Gasteiger partial charge in [-0.3, -0.25) is 0 Å². The van der Waals surface area contributed by atoms with Crippen molar-refractivity contribution in [3.63, 3.8) is 0 Å². The van der Waals surface area contributed by atoms with Gasteiger partial charge in [-0.05, 0) is 35.2 Å². The van der Waals surface area contributed by atoms with Crippen LogP contribution < -0.4 is 5.32 Å². The Morgan fingerprint density at radius 1 is 1.11 bits per heavy atom. The molecular formula is C16H17ClFN. The highest BCUT2D eigenvalue weighted by Crippen LogP contribution is 2.23. The van der Waals surface area contributed by atoms with E-state index in [9.17, 15) is 4.39 Å². The lowest BCUT2D eigenvalue weighted by Gasteiger charge is -2.10. The predicted octanol–water partition coefficient (Wildman–Crippen LogP) is 5.21. The van der Waals surface area contributed by atoms with Crippen molar-refractivity contribution in [1.29, 1.82) is 0 Å². The fourth-order valence-corrected chi connectivity index (χ4v) is 2.08. The Morgan fingerprint density at radius 3 is 2.37 bits per heavy atom. The van der Waals surface area contributed by atoms with Gasteiger partial charge in [-0.2, -0.15) is 0 Å². The van der Waals surface area contributed by atoms with Gasteiger partial charge in [0.25, 0.3) is 0 Å². The lowest BCUT2D eigenvalue weighted by atomic mass is 10.0. The molecule has 1 N–H and O–H groups in total. The van der Waals surface area contributed by atoms with Crippen molar-refractivity contribution in [3.8, 4) is 0 Å². The van der Waals surface area contributed by atoms with Crippen LogP contribution in [-0.2, 0) is 6.54 Å². The Labute approximate surface area is 118 Å². The molecule has 0 saturated heterocycles. The molecule has 19 heavy (non-hydrogen) atoms. The molecule has 0 heterocycles. The number of halogens is 2. The molecule has 0 aliphatic heterocycles. The van der Waals surface area contributed by atoms with Crippen molar-refractivity contribution >= 4 is 17.3 Å². The van der Waals surface area contributed by atoms with Gasteiger partial charge < -0.3 is 5.32 Å². The molecule has 0 bridgehead atoms. The van der Waals surface area contributed by atoms with Gasteiger partial charge in [-0.15, -0.1) is 0 Å². The molecule has 2 rings (SSSR count). The summed E-state index contributed by atoms with van der Waals surface area (Å²) in [5.41, 5.74) is 3.24. The molecule has 0 aliphatic rings. The van der Waals surface area contributed by atoms with Crippen molar-refractivity contribution in [2.75, 3.05) is 5.32 Å². The van der Waals surface area contributed by atoms with Gasteiger partial charge in [-0.1, -0.05) is 49.7 Å². The van der Waals surface area contributed by atoms with E-state index in [1.807, 2.05) is 0 Å². The molecule has 0 saturated carbocycles. The Kier molecular flexibility index (Phi) is 4.43. The molecule has 0 amide bonds. The zero-order chi connectivity index (χ0) is 13.8. The molecular weight excluding hydrogens is 261 g/mol. The van der Waals surface area contributed by atoms with Gasteiger partial charge in [0.2, 0.25) is 0 Å². The molecule has 100 valence electrons. The first-order chi connectivity index (χ1) is 9.06. The minimum Gasteiger partial charge on any atom is -0.380 e.